The monoisotopic (exact) mass is 261 g/mol. The fourth-order valence-corrected chi connectivity index (χ4v) is 2.25. The molecule has 0 aliphatic rings. The van der Waals surface area contributed by atoms with Crippen LogP contribution < -0.4 is 5.73 Å². The van der Waals surface area contributed by atoms with Gasteiger partial charge in [-0.3, -0.25) is 0 Å². The largest absolute Gasteiger partial charge is 0.345 e. The summed E-state index contributed by atoms with van der Waals surface area (Å²) in [6.45, 7) is 6.80. The first-order chi connectivity index (χ1) is 9.02. The van der Waals surface area contributed by atoms with Gasteiger partial charge in [0, 0.05) is 23.7 Å². The zero-order valence-corrected chi connectivity index (χ0v) is 11.6. The van der Waals surface area contributed by atoms with Gasteiger partial charge in [0.15, 0.2) is 0 Å². The molecule has 0 spiro atoms. The van der Waals surface area contributed by atoms with Crippen LogP contribution in [-0.2, 0) is 0 Å². The van der Waals surface area contributed by atoms with E-state index in [-0.39, 0.29) is 11.7 Å². The van der Waals surface area contributed by atoms with Gasteiger partial charge in [-0.25, -0.2) is 9.37 Å². The normalized spacial score (nSPS) is 12.9. The van der Waals surface area contributed by atoms with Crippen molar-refractivity contribution >= 4 is 0 Å². The Balaban J connectivity index is 2.38. The molecule has 1 atom stereocenters. The quantitative estimate of drug-likeness (QED) is 0.887. The summed E-state index contributed by atoms with van der Waals surface area (Å²) in [6.07, 6.45) is 0. The van der Waals surface area contributed by atoms with Crippen molar-refractivity contribution in [2.45, 2.75) is 26.7 Å². The van der Waals surface area contributed by atoms with Gasteiger partial charge < -0.3 is 10.7 Å². The summed E-state index contributed by atoms with van der Waals surface area (Å²) >= 11 is 0. The summed E-state index contributed by atoms with van der Waals surface area (Å²) in [6, 6.07) is 6.39. The number of aromatic amines is 1. The smallest absolute Gasteiger partial charge is 0.123 e. The lowest BCUT2D eigenvalue weighted by atomic mass is 9.95. The van der Waals surface area contributed by atoms with E-state index >= 15 is 0 Å². The van der Waals surface area contributed by atoms with E-state index in [2.05, 4.69) is 23.8 Å². The highest BCUT2D eigenvalue weighted by Gasteiger charge is 2.19. The average Bonchev–Trinajstić information content (AvgIpc) is 2.72. The molecule has 0 aliphatic heterocycles. The van der Waals surface area contributed by atoms with Gasteiger partial charge >= 0.3 is 0 Å². The number of H-pyrrole nitrogens is 1. The highest BCUT2D eigenvalue weighted by atomic mass is 19.1. The molecular formula is C15H20FN3. The molecule has 0 radical (unpaired) electrons. The second-order valence-electron chi connectivity index (χ2n) is 5.19. The summed E-state index contributed by atoms with van der Waals surface area (Å²) in [5, 5.41) is 0. The van der Waals surface area contributed by atoms with Crippen molar-refractivity contribution in [1.82, 2.24) is 9.97 Å². The Morgan fingerprint density at radius 2 is 1.89 bits per heavy atom. The van der Waals surface area contributed by atoms with Crippen LogP contribution in [0.15, 0.2) is 24.3 Å². The Kier molecular flexibility index (Phi) is 4.00. The van der Waals surface area contributed by atoms with E-state index in [9.17, 15) is 4.39 Å². The van der Waals surface area contributed by atoms with Gasteiger partial charge in [0.2, 0.25) is 0 Å². The Morgan fingerprint density at radius 1 is 1.26 bits per heavy atom. The molecule has 2 rings (SSSR count). The molecule has 1 aromatic carbocycles. The molecule has 102 valence electrons. The van der Waals surface area contributed by atoms with Crippen LogP contribution in [0.3, 0.4) is 0 Å². The Bertz CT molecular complexity index is 543. The molecule has 1 unspecified atom stereocenters. The number of halogens is 1. The number of nitrogens with two attached hydrogens (primary N) is 1. The van der Waals surface area contributed by atoms with E-state index in [0.29, 0.717) is 12.5 Å². The fraction of sp³-hybridized carbons (Fsp3) is 0.400. The minimum Gasteiger partial charge on any atom is -0.345 e. The third kappa shape index (κ3) is 2.84. The van der Waals surface area contributed by atoms with Crippen LogP contribution in [0.1, 0.15) is 31.3 Å². The summed E-state index contributed by atoms with van der Waals surface area (Å²) in [7, 11) is 0. The van der Waals surface area contributed by atoms with Gasteiger partial charge in [-0.1, -0.05) is 13.8 Å². The number of aryl methyl sites for hydroxylation is 1. The van der Waals surface area contributed by atoms with E-state index in [0.717, 1.165) is 22.8 Å². The molecule has 0 fully saturated rings. The summed E-state index contributed by atoms with van der Waals surface area (Å²) in [5.74, 6) is 1.32. The maximum absolute atomic E-state index is 13.0. The molecule has 0 amide bonds. The van der Waals surface area contributed by atoms with E-state index in [1.165, 1.54) is 12.1 Å². The predicted octanol–water partition coefficient (Wildman–Crippen LogP) is 3.22. The van der Waals surface area contributed by atoms with Gasteiger partial charge in [0.25, 0.3) is 0 Å². The lowest BCUT2D eigenvalue weighted by Crippen LogP contribution is -2.19. The number of imidazole rings is 1. The van der Waals surface area contributed by atoms with Crippen LogP contribution in [0.25, 0.3) is 11.3 Å². The highest BCUT2D eigenvalue weighted by molar-refractivity contribution is 5.61. The second-order valence-corrected chi connectivity index (χ2v) is 5.19. The Labute approximate surface area is 113 Å². The molecule has 19 heavy (non-hydrogen) atoms. The van der Waals surface area contributed by atoms with Crippen LogP contribution in [-0.4, -0.2) is 16.5 Å². The van der Waals surface area contributed by atoms with Gasteiger partial charge in [-0.05, 0) is 37.1 Å². The van der Waals surface area contributed by atoms with Gasteiger partial charge in [-0.2, -0.15) is 0 Å². The maximum Gasteiger partial charge on any atom is 0.123 e. The van der Waals surface area contributed by atoms with Crippen molar-refractivity contribution in [3.8, 4) is 11.3 Å². The van der Waals surface area contributed by atoms with Crippen molar-refractivity contribution in [1.29, 1.82) is 0 Å². The zero-order valence-electron chi connectivity index (χ0n) is 11.6. The number of aromatic nitrogens is 2. The van der Waals surface area contributed by atoms with Crippen LogP contribution in [0.2, 0.25) is 0 Å². The molecule has 0 bridgehead atoms. The van der Waals surface area contributed by atoms with Crippen LogP contribution >= 0.6 is 0 Å². The summed E-state index contributed by atoms with van der Waals surface area (Å²) in [4.78, 5) is 7.95. The summed E-state index contributed by atoms with van der Waals surface area (Å²) < 4.78 is 13.0. The third-order valence-electron chi connectivity index (χ3n) is 3.43. The Morgan fingerprint density at radius 3 is 2.42 bits per heavy atom. The number of nitrogens with one attached hydrogen (secondary N) is 1. The topological polar surface area (TPSA) is 54.7 Å². The first kappa shape index (κ1) is 13.7. The first-order valence-electron chi connectivity index (χ1n) is 6.55. The lowest BCUT2D eigenvalue weighted by molar-refractivity contribution is 0.487. The maximum atomic E-state index is 13.0. The third-order valence-corrected chi connectivity index (χ3v) is 3.43. The number of rotatable bonds is 4. The molecular weight excluding hydrogens is 241 g/mol. The van der Waals surface area contributed by atoms with E-state index < -0.39 is 0 Å². The van der Waals surface area contributed by atoms with Gasteiger partial charge in [0.1, 0.15) is 11.6 Å². The van der Waals surface area contributed by atoms with Crippen LogP contribution in [0.4, 0.5) is 4.39 Å². The molecule has 0 aliphatic carbocycles. The van der Waals surface area contributed by atoms with Gasteiger partial charge in [-0.15, -0.1) is 0 Å². The minimum absolute atomic E-state index is 0.216. The predicted molar refractivity (Wildman–Crippen MR) is 75.4 cm³/mol. The first-order valence-corrected chi connectivity index (χ1v) is 6.55. The SMILES string of the molecule is Cc1[nH]c(C(CN)C(C)C)nc1-c1ccc(F)cc1. The van der Waals surface area contributed by atoms with Crippen LogP contribution in [0.5, 0.6) is 0 Å². The molecule has 0 saturated heterocycles. The highest BCUT2D eigenvalue weighted by Crippen LogP contribution is 2.27. The standard InChI is InChI=1S/C15H20FN3/c1-9(2)13(8-17)15-18-10(3)14(19-15)11-4-6-12(16)7-5-11/h4-7,9,13H,8,17H2,1-3H3,(H,18,19). The van der Waals surface area contributed by atoms with E-state index in [1.54, 1.807) is 12.1 Å². The molecule has 2 aromatic rings. The van der Waals surface area contributed by atoms with E-state index in [4.69, 9.17) is 5.73 Å². The number of hydrogen-bond acceptors (Lipinski definition) is 2. The molecule has 3 N–H and O–H groups in total. The number of hydrogen-bond donors (Lipinski definition) is 2. The van der Waals surface area contributed by atoms with Crippen molar-refractivity contribution in [2.75, 3.05) is 6.54 Å². The molecule has 4 heteroatoms. The zero-order chi connectivity index (χ0) is 14.0. The molecule has 3 nitrogen and oxygen atoms in total. The van der Waals surface area contributed by atoms with Crippen LogP contribution in [0, 0.1) is 18.7 Å². The average molecular weight is 261 g/mol. The second kappa shape index (κ2) is 5.53. The van der Waals surface area contributed by atoms with E-state index in [1.807, 2.05) is 6.92 Å². The number of nitrogens with zero attached hydrogens (tertiary/aromatic N) is 1. The van der Waals surface area contributed by atoms with Gasteiger partial charge in [0.05, 0.1) is 5.69 Å². The van der Waals surface area contributed by atoms with Crippen molar-refractivity contribution < 1.29 is 4.39 Å². The molecule has 1 heterocycles. The van der Waals surface area contributed by atoms with Crippen molar-refractivity contribution in [3.05, 3.63) is 41.6 Å². The summed E-state index contributed by atoms with van der Waals surface area (Å²) in [5.41, 5.74) is 8.59. The molecule has 0 saturated carbocycles. The number of benzene rings is 1. The minimum atomic E-state index is -0.237. The van der Waals surface area contributed by atoms with Crippen molar-refractivity contribution in [2.24, 2.45) is 11.7 Å². The fourth-order valence-electron chi connectivity index (χ4n) is 2.25. The Hall–Kier alpha value is -1.68. The lowest BCUT2D eigenvalue weighted by Gasteiger charge is -2.15. The van der Waals surface area contributed by atoms with Crippen molar-refractivity contribution in [3.63, 3.8) is 0 Å². The molecule has 1 aromatic heterocycles.